The molecule has 0 aliphatic carbocycles. The van der Waals surface area contributed by atoms with Crippen molar-refractivity contribution in [2.24, 2.45) is 5.73 Å². The van der Waals surface area contributed by atoms with E-state index in [1.54, 1.807) is 13.0 Å². The number of benzene rings is 1. The Bertz CT molecular complexity index is 394. The van der Waals surface area contributed by atoms with Crippen LogP contribution in [-0.2, 0) is 11.2 Å². The minimum absolute atomic E-state index is 0.0134. The van der Waals surface area contributed by atoms with Crippen LogP contribution in [0.2, 0.25) is 0 Å². The molecule has 0 heterocycles. The molecule has 94 valence electrons. The van der Waals surface area contributed by atoms with Crippen molar-refractivity contribution in [3.8, 4) is 11.5 Å². The number of phenolic OH excluding ortho intramolecular Hbond substituents is 1. The molecule has 0 aliphatic heterocycles. The third-order valence-corrected chi connectivity index (χ3v) is 2.38. The number of aromatic hydroxyl groups is 1. The number of rotatable bonds is 5. The van der Waals surface area contributed by atoms with Gasteiger partial charge in [0.25, 0.3) is 0 Å². The number of nitrogens with two attached hydrogens (primary N) is 1. The van der Waals surface area contributed by atoms with Crippen molar-refractivity contribution in [1.82, 2.24) is 0 Å². The summed E-state index contributed by atoms with van der Waals surface area (Å²) in [5, 5.41) is 18.5. The van der Waals surface area contributed by atoms with E-state index in [0.29, 0.717) is 17.9 Å². The van der Waals surface area contributed by atoms with E-state index in [-0.39, 0.29) is 12.2 Å². The van der Waals surface area contributed by atoms with Crippen molar-refractivity contribution >= 4 is 5.97 Å². The van der Waals surface area contributed by atoms with Crippen molar-refractivity contribution < 1.29 is 19.7 Å². The normalized spacial score (nSPS) is 12.2. The second-order valence-corrected chi connectivity index (χ2v) is 3.84. The molecule has 0 saturated carbocycles. The highest BCUT2D eigenvalue weighted by Crippen LogP contribution is 2.31. The Morgan fingerprint density at radius 3 is 2.65 bits per heavy atom. The van der Waals surface area contributed by atoms with Crippen LogP contribution < -0.4 is 10.5 Å². The highest BCUT2D eigenvalue weighted by molar-refractivity contribution is 5.73. The highest BCUT2D eigenvalue weighted by atomic mass is 16.5. The van der Waals surface area contributed by atoms with Crippen molar-refractivity contribution in [2.45, 2.75) is 26.3 Å². The van der Waals surface area contributed by atoms with Crippen LogP contribution in [0.3, 0.4) is 0 Å². The van der Waals surface area contributed by atoms with Gasteiger partial charge in [-0.1, -0.05) is 6.07 Å². The number of hydrogen-bond donors (Lipinski definition) is 3. The molecule has 5 nitrogen and oxygen atoms in total. The first-order chi connectivity index (χ1) is 7.95. The van der Waals surface area contributed by atoms with E-state index < -0.39 is 12.0 Å². The number of phenols is 1. The van der Waals surface area contributed by atoms with Gasteiger partial charge in [0, 0.05) is 0 Å². The van der Waals surface area contributed by atoms with E-state index in [9.17, 15) is 9.90 Å². The fraction of sp³-hybridized carbons (Fsp3) is 0.417. The van der Waals surface area contributed by atoms with E-state index in [1.165, 1.54) is 6.07 Å². The molecule has 1 aromatic rings. The van der Waals surface area contributed by atoms with Gasteiger partial charge < -0.3 is 20.7 Å². The van der Waals surface area contributed by atoms with Crippen LogP contribution in [-0.4, -0.2) is 28.8 Å². The fourth-order valence-corrected chi connectivity index (χ4v) is 1.62. The zero-order chi connectivity index (χ0) is 13.0. The molecule has 5 heteroatoms. The number of carboxylic acids is 1. The number of hydrogen-bond acceptors (Lipinski definition) is 4. The van der Waals surface area contributed by atoms with Gasteiger partial charge in [-0.3, -0.25) is 4.79 Å². The molecule has 0 aromatic heterocycles. The number of ether oxygens (including phenoxy) is 1. The van der Waals surface area contributed by atoms with Crippen LogP contribution in [0.5, 0.6) is 11.5 Å². The minimum atomic E-state index is -1.06. The maximum absolute atomic E-state index is 10.6. The summed E-state index contributed by atoms with van der Waals surface area (Å²) >= 11 is 0. The molecule has 1 unspecified atom stereocenters. The van der Waals surface area contributed by atoms with Crippen LogP contribution in [0.15, 0.2) is 12.1 Å². The van der Waals surface area contributed by atoms with Crippen molar-refractivity contribution in [3.63, 3.8) is 0 Å². The Balaban J connectivity index is 2.94. The van der Waals surface area contributed by atoms with E-state index in [4.69, 9.17) is 15.6 Å². The SMILES string of the molecule is CCOc1c(C)cc(CC(N)C(=O)O)cc1O. The van der Waals surface area contributed by atoms with Gasteiger partial charge in [0.1, 0.15) is 6.04 Å². The summed E-state index contributed by atoms with van der Waals surface area (Å²) < 4.78 is 5.28. The van der Waals surface area contributed by atoms with Crippen LogP contribution in [0.1, 0.15) is 18.1 Å². The van der Waals surface area contributed by atoms with Crippen LogP contribution in [0.4, 0.5) is 0 Å². The lowest BCUT2D eigenvalue weighted by molar-refractivity contribution is -0.138. The van der Waals surface area contributed by atoms with E-state index >= 15 is 0 Å². The molecule has 0 spiro atoms. The summed E-state index contributed by atoms with van der Waals surface area (Å²) in [7, 11) is 0. The smallest absolute Gasteiger partial charge is 0.320 e. The maximum atomic E-state index is 10.6. The first kappa shape index (κ1) is 13.3. The van der Waals surface area contributed by atoms with E-state index in [2.05, 4.69) is 0 Å². The average molecular weight is 239 g/mol. The molecule has 0 amide bonds. The van der Waals surface area contributed by atoms with Crippen molar-refractivity contribution in [2.75, 3.05) is 6.61 Å². The summed E-state index contributed by atoms with van der Waals surface area (Å²) in [6.45, 7) is 4.08. The molecule has 0 bridgehead atoms. The summed E-state index contributed by atoms with van der Waals surface area (Å²) in [5.41, 5.74) is 6.88. The molecule has 1 atom stereocenters. The maximum Gasteiger partial charge on any atom is 0.320 e. The first-order valence-electron chi connectivity index (χ1n) is 5.39. The number of aryl methyl sites for hydroxylation is 1. The van der Waals surface area contributed by atoms with Crippen molar-refractivity contribution in [3.05, 3.63) is 23.3 Å². The third-order valence-electron chi connectivity index (χ3n) is 2.38. The number of carbonyl (C=O) groups is 1. The van der Waals surface area contributed by atoms with Gasteiger partial charge in [-0.2, -0.15) is 0 Å². The topological polar surface area (TPSA) is 92.8 Å². The Labute approximate surface area is 99.8 Å². The molecule has 17 heavy (non-hydrogen) atoms. The summed E-state index contributed by atoms with van der Waals surface area (Å²) in [4.78, 5) is 10.6. The Morgan fingerprint density at radius 2 is 2.18 bits per heavy atom. The molecule has 1 aromatic carbocycles. The summed E-state index contributed by atoms with van der Waals surface area (Å²) in [6.07, 6.45) is 0.177. The van der Waals surface area contributed by atoms with Crippen LogP contribution in [0.25, 0.3) is 0 Å². The monoisotopic (exact) mass is 239 g/mol. The van der Waals surface area contributed by atoms with Crippen molar-refractivity contribution in [1.29, 1.82) is 0 Å². The second kappa shape index (κ2) is 5.54. The summed E-state index contributed by atoms with van der Waals surface area (Å²) in [6, 6.07) is 2.29. The standard InChI is InChI=1S/C12H17NO4/c1-3-17-11-7(2)4-8(6-10(11)14)5-9(13)12(15)16/h4,6,9,14H,3,5,13H2,1-2H3,(H,15,16). The Hall–Kier alpha value is -1.75. The van der Waals surface area contributed by atoms with Crippen LogP contribution in [0, 0.1) is 6.92 Å². The zero-order valence-corrected chi connectivity index (χ0v) is 9.93. The van der Waals surface area contributed by atoms with Gasteiger partial charge >= 0.3 is 5.97 Å². The van der Waals surface area contributed by atoms with Gasteiger partial charge in [0.15, 0.2) is 11.5 Å². The largest absolute Gasteiger partial charge is 0.504 e. The Morgan fingerprint density at radius 1 is 1.53 bits per heavy atom. The highest BCUT2D eigenvalue weighted by Gasteiger charge is 2.15. The van der Waals surface area contributed by atoms with Gasteiger partial charge in [-0.15, -0.1) is 0 Å². The van der Waals surface area contributed by atoms with Gasteiger partial charge in [-0.05, 0) is 37.5 Å². The van der Waals surface area contributed by atoms with Gasteiger partial charge in [0.2, 0.25) is 0 Å². The molecule has 0 saturated heterocycles. The lowest BCUT2D eigenvalue weighted by atomic mass is 10.0. The minimum Gasteiger partial charge on any atom is -0.504 e. The lowest BCUT2D eigenvalue weighted by Crippen LogP contribution is -2.32. The summed E-state index contributed by atoms with van der Waals surface area (Å²) in [5.74, 6) is -0.615. The molecule has 4 N–H and O–H groups in total. The van der Waals surface area contributed by atoms with Crippen LogP contribution >= 0.6 is 0 Å². The number of carboxylic acid groups (broad SMARTS) is 1. The molecular formula is C12H17NO4. The average Bonchev–Trinajstić information content (AvgIpc) is 2.23. The molecule has 1 rings (SSSR count). The van der Waals surface area contributed by atoms with Gasteiger partial charge in [-0.25, -0.2) is 0 Å². The van der Waals surface area contributed by atoms with Gasteiger partial charge in [0.05, 0.1) is 6.61 Å². The molecule has 0 fully saturated rings. The lowest BCUT2D eigenvalue weighted by Gasteiger charge is -2.12. The second-order valence-electron chi connectivity index (χ2n) is 3.84. The number of aliphatic carboxylic acids is 1. The predicted octanol–water partition coefficient (Wildman–Crippen LogP) is 1.05. The zero-order valence-electron chi connectivity index (χ0n) is 9.93. The van der Waals surface area contributed by atoms with E-state index in [1.807, 2.05) is 6.92 Å². The molecule has 0 aliphatic rings. The quantitative estimate of drug-likeness (QED) is 0.714. The first-order valence-corrected chi connectivity index (χ1v) is 5.39. The van der Waals surface area contributed by atoms with E-state index in [0.717, 1.165) is 5.56 Å². The third kappa shape index (κ3) is 3.35. The Kier molecular flexibility index (Phi) is 4.34. The fourth-order valence-electron chi connectivity index (χ4n) is 1.62. The molecule has 0 radical (unpaired) electrons. The predicted molar refractivity (Wildman–Crippen MR) is 63.3 cm³/mol. The molecular weight excluding hydrogens is 222 g/mol.